The average Bonchev–Trinajstić information content (AvgIpc) is 3.84. The molecule has 2 aromatic heterocycles. The highest BCUT2D eigenvalue weighted by molar-refractivity contribution is 7.23. The zero-order valence-electron chi connectivity index (χ0n) is 28.2. The maximum Gasteiger partial charge on any atom is 0.319 e. The number of rotatable bonds is 6. The highest BCUT2D eigenvalue weighted by Gasteiger charge is 2.49. The Labute approximate surface area is 306 Å². The number of likely N-dealkylation sites (tertiary alicyclic amines) is 1. The second-order valence-electron chi connectivity index (χ2n) is 14.4. The van der Waals surface area contributed by atoms with Crippen LogP contribution in [-0.4, -0.2) is 102 Å². The fraction of sp³-hybridized carbons (Fsp3) is 0.500. The largest absolute Gasteiger partial charge is 0.489 e. The summed E-state index contributed by atoms with van der Waals surface area (Å²) in [6, 6.07) is 4.18. The van der Waals surface area contributed by atoms with Crippen molar-refractivity contribution in [1.82, 2.24) is 25.1 Å². The zero-order chi connectivity index (χ0) is 35.9. The molecule has 52 heavy (non-hydrogen) atoms. The van der Waals surface area contributed by atoms with Crippen molar-refractivity contribution >= 4 is 60.7 Å². The van der Waals surface area contributed by atoms with E-state index in [2.05, 4.69) is 15.2 Å². The van der Waals surface area contributed by atoms with Crippen LogP contribution in [0.5, 0.6) is 11.8 Å². The molecule has 1 amide bonds. The quantitative estimate of drug-likeness (QED) is 0.246. The van der Waals surface area contributed by atoms with Crippen LogP contribution in [-0.2, 0) is 4.79 Å². The lowest BCUT2D eigenvalue weighted by atomic mass is 9.95. The normalized spacial score (nSPS) is 25.9. The summed E-state index contributed by atoms with van der Waals surface area (Å²) >= 11 is 8.00. The number of nitrogens with zero attached hydrogens (tertiary/aromatic N) is 6. The van der Waals surface area contributed by atoms with E-state index in [4.69, 9.17) is 31.8 Å². The van der Waals surface area contributed by atoms with Crippen molar-refractivity contribution in [1.29, 1.82) is 5.26 Å². The lowest BCUT2D eigenvalue weighted by molar-refractivity contribution is -0.130. The van der Waals surface area contributed by atoms with Gasteiger partial charge in [-0.2, -0.15) is 15.2 Å². The summed E-state index contributed by atoms with van der Waals surface area (Å²) in [5.74, 6) is -0.853. The molecule has 16 heteroatoms. The van der Waals surface area contributed by atoms with Gasteiger partial charge in [0.25, 0.3) is 0 Å². The van der Waals surface area contributed by atoms with Crippen LogP contribution >= 0.6 is 22.9 Å². The molecule has 2 unspecified atom stereocenters. The van der Waals surface area contributed by atoms with Crippen molar-refractivity contribution < 1.29 is 27.4 Å². The summed E-state index contributed by atoms with van der Waals surface area (Å²) in [4.78, 5) is 28.8. The number of thiophene rings is 1. The Bertz CT molecular complexity index is 2180. The van der Waals surface area contributed by atoms with Crippen molar-refractivity contribution in [2.24, 2.45) is 0 Å². The van der Waals surface area contributed by atoms with Crippen molar-refractivity contribution in [3.05, 3.63) is 34.4 Å². The fourth-order valence-electron chi connectivity index (χ4n) is 8.77. The smallest absolute Gasteiger partial charge is 0.319 e. The van der Waals surface area contributed by atoms with Crippen molar-refractivity contribution in [2.75, 3.05) is 63.1 Å². The van der Waals surface area contributed by atoms with Crippen LogP contribution in [0, 0.1) is 23.0 Å². The molecule has 4 saturated heterocycles. The summed E-state index contributed by atoms with van der Waals surface area (Å²) in [6.07, 6.45) is 3.53. The first-order chi connectivity index (χ1) is 25.2. The Balaban J connectivity index is 1.22. The molecule has 0 radical (unpaired) electrons. The Morgan fingerprint density at radius 3 is 2.85 bits per heavy atom. The van der Waals surface area contributed by atoms with Crippen LogP contribution in [0.2, 0.25) is 5.02 Å². The molecule has 272 valence electrons. The monoisotopic (exact) mass is 752 g/mol. The van der Waals surface area contributed by atoms with Gasteiger partial charge in [-0.1, -0.05) is 17.7 Å². The van der Waals surface area contributed by atoms with Gasteiger partial charge in [0.2, 0.25) is 5.91 Å². The highest BCUT2D eigenvalue weighted by Crippen LogP contribution is 2.51. The summed E-state index contributed by atoms with van der Waals surface area (Å²) < 4.78 is 59.9. The number of nitrogen functional groups attached to an aromatic ring is 1. The molecule has 5 aliphatic rings. The maximum atomic E-state index is 17.4. The number of amides is 1. The van der Waals surface area contributed by atoms with Gasteiger partial charge in [0.15, 0.2) is 11.6 Å². The van der Waals surface area contributed by atoms with Gasteiger partial charge in [-0.15, -0.1) is 11.3 Å². The van der Waals surface area contributed by atoms with Gasteiger partial charge < -0.3 is 30.3 Å². The number of carbonyl (C=O) groups is 1. The van der Waals surface area contributed by atoms with Crippen molar-refractivity contribution in [2.45, 2.75) is 62.3 Å². The third kappa shape index (κ3) is 5.40. The molecular weight excluding hydrogens is 717 g/mol. The van der Waals surface area contributed by atoms with Crippen LogP contribution in [0.4, 0.5) is 24.0 Å². The van der Waals surface area contributed by atoms with E-state index in [0.29, 0.717) is 45.0 Å². The fourth-order valence-corrected chi connectivity index (χ4v) is 10.1. The van der Waals surface area contributed by atoms with E-state index in [9.17, 15) is 14.4 Å². The lowest BCUT2D eigenvalue weighted by Crippen LogP contribution is -2.47. The second-order valence-corrected chi connectivity index (χ2v) is 15.9. The standard InChI is InChI=1S/C36H36ClF3N8O3S/c37-27-25(20-5-6-22(39)31-24(20)21(13-41)32(42)52-31)28(40)29-26-30(27)50-11-10-48(19-4-1-2-8-46(16-19)34(49)23-14-43-23)33(26)45-35(44-29)51-17-36-7-3-9-47(36)15-18(38)12-36/h5-6,18-19,23,43H,1-4,7-12,14-17,42H2/t18-,19?,23?,36+/m1/s1. The minimum atomic E-state index is -0.966. The molecular formula is C36H36ClF3N8O3S. The number of nitriles is 1. The number of benzene rings is 2. The van der Waals surface area contributed by atoms with Gasteiger partial charge in [0.05, 0.1) is 38.8 Å². The van der Waals surface area contributed by atoms with Crippen LogP contribution in [0.15, 0.2) is 12.1 Å². The van der Waals surface area contributed by atoms with Gasteiger partial charge >= 0.3 is 6.01 Å². The number of nitrogens with one attached hydrogen (secondary N) is 1. The number of anilines is 2. The number of hydrogen-bond donors (Lipinski definition) is 2. The van der Waals surface area contributed by atoms with Gasteiger partial charge in [-0.3, -0.25) is 9.69 Å². The molecule has 3 N–H and O–H groups in total. The molecule has 0 aliphatic carbocycles. The maximum absolute atomic E-state index is 17.4. The van der Waals surface area contributed by atoms with E-state index in [1.165, 1.54) is 12.1 Å². The molecule has 11 nitrogen and oxygen atoms in total. The summed E-state index contributed by atoms with van der Waals surface area (Å²) in [5.41, 5.74) is 5.57. The second kappa shape index (κ2) is 12.8. The van der Waals surface area contributed by atoms with Gasteiger partial charge in [0.1, 0.15) is 47.6 Å². The predicted octanol–water partition coefficient (Wildman–Crippen LogP) is 5.40. The Morgan fingerprint density at radius 2 is 2.04 bits per heavy atom. The molecule has 5 aliphatic heterocycles. The van der Waals surface area contributed by atoms with E-state index in [1.807, 2.05) is 15.9 Å². The first kappa shape index (κ1) is 33.7. The Hall–Kier alpha value is -4.10. The topological polar surface area (TPSA) is 143 Å². The number of ether oxygens (including phenoxy) is 2. The number of halogens is 4. The van der Waals surface area contributed by atoms with Gasteiger partial charge in [-0.05, 0) is 50.3 Å². The predicted molar refractivity (Wildman–Crippen MR) is 192 cm³/mol. The molecule has 4 atom stereocenters. The summed E-state index contributed by atoms with van der Waals surface area (Å²) in [7, 11) is 0. The molecule has 7 heterocycles. The number of hydrogen-bond acceptors (Lipinski definition) is 11. The Morgan fingerprint density at radius 1 is 1.19 bits per heavy atom. The summed E-state index contributed by atoms with van der Waals surface area (Å²) in [6.45, 7) is 3.50. The average molecular weight is 753 g/mol. The third-order valence-corrected chi connectivity index (χ3v) is 12.7. The minimum absolute atomic E-state index is 0.0207. The van der Waals surface area contributed by atoms with E-state index in [1.54, 1.807) is 0 Å². The zero-order valence-corrected chi connectivity index (χ0v) is 29.8. The van der Waals surface area contributed by atoms with E-state index >= 15 is 8.78 Å². The van der Waals surface area contributed by atoms with Crippen LogP contribution in [0.25, 0.3) is 32.1 Å². The molecule has 0 saturated carbocycles. The van der Waals surface area contributed by atoms with E-state index in [0.717, 1.165) is 50.0 Å². The van der Waals surface area contributed by atoms with Crippen LogP contribution in [0.3, 0.4) is 0 Å². The third-order valence-electron chi connectivity index (χ3n) is 11.3. The van der Waals surface area contributed by atoms with E-state index in [-0.39, 0.29) is 90.7 Å². The first-order valence-electron chi connectivity index (χ1n) is 17.7. The lowest BCUT2D eigenvalue weighted by Gasteiger charge is -2.34. The molecule has 0 bridgehead atoms. The van der Waals surface area contributed by atoms with Crippen LogP contribution < -0.4 is 25.4 Å². The molecule has 2 aromatic carbocycles. The van der Waals surface area contributed by atoms with Crippen molar-refractivity contribution in [3.63, 3.8) is 0 Å². The number of fused-ring (bicyclic) bond motifs is 2. The number of aromatic nitrogens is 2. The molecule has 0 spiro atoms. The number of carbonyl (C=O) groups excluding carboxylic acids is 1. The van der Waals surface area contributed by atoms with E-state index < -0.39 is 23.3 Å². The number of nitrogens with two attached hydrogens (primary N) is 1. The SMILES string of the molecule is N#Cc1c(N)sc2c(F)ccc(-c3c(Cl)c4c5c(nc(OC[C@@]67CCCN6C[C@H](F)C7)nc5c3F)N(C3CCCCN(C(=O)C5CN5)C3)CCO4)c12. The Kier molecular flexibility index (Phi) is 8.29. The van der Waals surface area contributed by atoms with Crippen LogP contribution in [0.1, 0.15) is 44.1 Å². The highest BCUT2D eigenvalue weighted by atomic mass is 35.5. The van der Waals surface area contributed by atoms with Crippen molar-refractivity contribution in [3.8, 4) is 29.0 Å². The van der Waals surface area contributed by atoms with Gasteiger partial charge in [-0.25, -0.2) is 13.2 Å². The first-order valence-corrected chi connectivity index (χ1v) is 18.9. The minimum Gasteiger partial charge on any atom is -0.489 e. The molecule has 4 fully saturated rings. The summed E-state index contributed by atoms with van der Waals surface area (Å²) in [5, 5.41) is 13.5. The van der Waals surface area contributed by atoms with Gasteiger partial charge in [0, 0.05) is 49.6 Å². The molecule has 9 rings (SSSR count). The number of alkyl halides is 1. The molecule has 4 aromatic rings.